The fourth-order valence-electron chi connectivity index (χ4n) is 3.12. The average Bonchev–Trinajstić information content (AvgIpc) is 3.16. The number of ether oxygens (including phenoxy) is 1. The van der Waals surface area contributed by atoms with Gasteiger partial charge in [-0.3, -0.25) is 4.79 Å². The zero-order valence-electron chi connectivity index (χ0n) is 15.9. The van der Waals surface area contributed by atoms with Crippen LogP contribution in [0.25, 0.3) is 0 Å². The molecule has 1 atom stereocenters. The average molecular weight is 420 g/mol. The molecular weight excluding hydrogens is 397 g/mol. The molecule has 1 aliphatic rings. The van der Waals surface area contributed by atoms with Crippen molar-refractivity contribution in [1.29, 1.82) is 0 Å². The number of anilines is 1. The molecule has 1 heterocycles. The van der Waals surface area contributed by atoms with Crippen LogP contribution in [0.1, 0.15) is 19.3 Å². The van der Waals surface area contributed by atoms with Crippen LogP contribution in [0.4, 0.5) is 14.9 Å². The number of nitrogens with zero attached hydrogens (tertiary/aromatic N) is 1. The van der Waals surface area contributed by atoms with Crippen LogP contribution < -0.4 is 15.4 Å². The second-order valence-corrected chi connectivity index (χ2v) is 7.22. The van der Waals surface area contributed by atoms with Crippen molar-refractivity contribution in [2.45, 2.75) is 25.3 Å². The van der Waals surface area contributed by atoms with Crippen LogP contribution >= 0.6 is 11.6 Å². The maximum atomic E-state index is 12.9. The lowest BCUT2D eigenvalue weighted by Crippen LogP contribution is -2.40. The first-order chi connectivity index (χ1) is 14.0. The van der Waals surface area contributed by atoms with Crippen molar-refractivity contribution in [3.8, 4) is 5.75 Å². The van der Waals surface area contributed by atoms with Crippen LogP contribution in [-0.4, -0.2) is 42.6 Å². The number of benzene rings is 2. The number of nitrogens with one attached hydrogen (secondary N) is 2. The van der Waals surface area contributed by atoms with Gasteiger partial charge in [0.15, 0.2) is 0 Å². The van der Waals surface area contributed by atoms with Crippen molar-refractivity contribution in [3.63, 3.8) is 0 Å². The molecule has 1 saturated heterocycles. The molecule has 1 unspecified atom stereocenters. The van der Waals surface area contributed by atoms with Crippen LogP contribution in [0.3, 0.4) is 0 Å². The minimum Gasteiger partial charge on any atom is -0.492 e. The molecule has 0 saturated carbocycles. The Labute approximate surface area is 174 Å². The number of rotatable bonds is 7. The second-order valence-electron chi connectivity index (χ2n) is 6.81. The largest absolute Gasteiger partial charge is 0.492 e. The zero-order valence-corrected chi connectivity index (χ0v) is 16.6. The van der Waals surface area contributed by atoms with Gasteiger partial charge in [-0.1, -0.05) is 23.7 Å². The molecule has 29 heavy (non-hydrogen) atoms. The molecule has 8 heteroatoms. The van der Waals surface area contributed by atoms with E-state index in [2.05, 4.69) is 10.6 Å². The van der Waals surface area contributed by atoms with Gasteiger partial charge < -0.3 is 20.3 Å². The van der Waals surface area contributed by atoms with Gasteiger partial charge in [0.25, 0.3) is 0 Å². The van der Waals surface area contributed by atoms with Crippen molar-refractivity contribution in [2.24, 2.45) is 0 Å². The smallest absolute Gasteiger partial charge is 0.319 e. The highest BCUT2D eigenvalue weighted by Crippen LogP contribution is 2.23. The number of carbonyl (C=O) groups is 2. The Hall–Kier alpha value is -2.80. The van der Waals surface area contributed by atoms with E-state index in [1.165, 1.54) is 24.3 Å². The molecule has 3 amide bonds. The molecule has 6 nitrogen and oxygen atoms in total. The third-order valence-electron chi connectivity index (χ3n) is 4.61. The van der Waals surface area contributed by atoms with Gasteiger partial charge >= 0.3 is 6.03 Å². The van der Waals surface area contributed by atoms with Crippen molar-refractivity contribution in [3.05, 3.63) is 59.4 Å². The van der Waals surface area contributed by atoms with Crippen molar-refractivity contribution >= 4 is 29.2 Å². The standard InChI is InChI=1S/C21H23ClFN3O3/c22-18-4-1-2-5-19(18)29-13-3-6-20(27)26-12-11-17(14-26)25-21(28)24-16-9-7-15(23)8-10-16/h1-2,4-5,7-10,17H,3,6,11-14H2,(H2,24,25,28). The van der Waals surface area contributed by atoms with Crippen molar-refractivity contribution in [1.82, 2.24) is 10.2 Å². The Kier molecular flexibility index (Phi) is 7.30. The van der Waals surface area contributed by atoms with Gasteiger partial charge in [0.1, 0.15) is 11.6 Å². The summed E-state index contributed by atoms with van der Waals surface area (Å²) >= 11 is 6.03. The van der Waals surface area contributed by atoms with Crippen LogP contribution in [0, 0.1) is 5.82 Å². The van der Waals surface area contributed by atoms with E-state index in [-0.39, 0.29) is 23.8 Å². The summed E-state index contributed by atoms with van der Waals surface area (Å²) < 4.78 is 18.5. The van der Waals surface area contributed by atoms with Crippen molar-refractivity contribution in [2.75, 3.05) is 25.0 Å². The minimum atomic E-state index is -0.371. The van der Waals surface area contributed by atoms with Gasteiger partial charge in [-0.25, -0.2) is 9.18 Å². The lowest BCUT2D eigenvalue weighted by atomic mass is 10.2. The summed E-state index contributed by atoms with van der Waals surface area (Å²) in [4.78, 5) is 26.2. The SMILES string of the molecule is O=C(Nc1ccc(F)cc1)NC1CCN(C(=O)CCCOc2ccccc2Cl)C1. The van der Waals surface area contributed by atoms with Gasteiger partial charge in [-0.05, 0) is 49.2 Å². The summed E-state index contributed by atoms with van der Waals surface area (Å²) in [7, 11) is 0. The van der Waals surface area contributed by atoms with E-state index in [0.717, 1.165) is 0 Å². The number of hydrogen-bond acceptors (Lipinski definition) is 3. The number of urea groups is 1. The van der Waals surface area contributed by atoms with Gasteiger partial charge in [0.05, 0.1) is 11.6 Å². The third-order valence-corrected chi connectivity index (χ3v) is 4.92. The van der Waals surface area contributed by atoms with E-state index < -0.39 is 0 Å². The highest BCUT2D eigenvalue weighted by Gasteiger charge is 2.27. The van der Waals surface area contributed by atoms with E-state index in [0.29, 0.717) is 55.4 Å². The van der Waals surface area contributed by atoms with E-state index in [9.17, 15) is 14.0 Å². The molecule has 0 aliphatic carbocycles. The summed E-state index contributed by atoms with van der Waals surface area (Å²) in [6.45, 7) is 1.48. The van der Waals surface area contributed by atoms with Gasteiger partial charge in [-0.15, -0.1) is 0 Å². The predicted octanol–water partition coefficient (Wildman–Crippen LogP) is 4.06. The molecule has 0 aromatic heterocycles. The molecule has 3 rings (SSSR count). The number of carbonyl (C=O) groups excluding carboxylic acids is 2. The van der Waals surface area contributed by atoms with Crippen LogP contribution in [0.5, 0.6) is 5.75 Å². The second kappa shape index (κ2) is 10.1. The molecule has 2 N–H and O–H groups in total. The Morgan fingerprint density at radius 1 is 1.17 bits per heavy atom. The topological polar surface area (TPSA) is 70.7 Å². The fourth-order valence-corrected chi connectivity index (χ4v) is 3.31. The third kappa shape index (κ3) is 6.35. The number of halogens is 2. The molecule has 154 valence electrons. The van der Waals surface area contributed by atoms with E-state index in [1.54, 1.807) is 17.0 Å². The number of likely N-dealkylation sites (tertiary alicyclic amines) is 1. The number of para-hydroxylation sites is 1. The van der Waals surface area contributed by atoms with E-state index in [1.807, 2.05) is 12.1 Å². The Balaban J connectivity index is 1.35. The maximum Gasteiger partial charge on any atom is 0.319 e. The van der Waals surface area contributed by atoms with Gasteiger partial charge in [0.2, 0.25) is 5.91 Å². The Morgan fingerprint density at radius 2 is 1.93 bits per heavy atom. The van der Waals surface area contributed by atoms with Gasteiger partial charge in [-0.2, -0.15) is 0 Å². The first kappa shape index (κ1) is 20.9. The van der Waals surface area contributed by atoms with Crippen LogP contribution in [0.15, 0.2) is 48.5 Å². The first-order valence-corrected chi connectivity index (χ1v) is 9.87. The molecule has 0 bridgehead atoms. The summed E-state index contributed by atoms with van der Waals surface area (Å²) in [5.74, 6) is 0.286. The monoisotopic (exact) mass is 419 g/mol. The van der Waals surface area contributed by atoms with Crippen LogP contribution in [0.2, 0.25) is 5.02 Å². The van der Waals surface area contributed by atoms with Crippen molar-refractivity contribution < 1.29 is 18.7 Å². The molecule has 1 aliphatic heterocycles. The zero-order chi connectivity index (χ0) is 20.6. The quantitative estimate of drug-likeness (QED) is 0.665. The first-order valence-electron chi connectivity index (χ1n) is 9.49. The normalized spacial score (nSPS) is 15.8. The summed E-state index contributed by atoms with van der Waals surface area (Å²) in [5, 5.41) is 6.05. The number of hydrogen-bond donors (Lipinski definition) is 2. The lowest BCUT2D eigenvalue weighted by Gasteiger charge is -2.17. The Bertz CT molecular complexity index is 847. The molecule has 1 fully saturated rings. The van der Waals surface area contributed by atoms with E-state index >= 15 is 0 Å². The predicted molar refractivity (Wildman–Crippen MR) is 110 cm³/mol. The molecule has 0 radical (unpaired) electrons. The molecule has 2 aromatic carbocycles. The highest BCUT2D eigenvalue weighted by atomic mass is 35.5. The molecule has 2 aromatic rings. The van der Waals surface area contributed by atoms with Crippen LogP contribution in [-0.2, 0) is 4.79 Å². The lowest BCUT2D eigenvalue weighted by molar-refractivity contribution is -0.130. The number of amides is 3. The molecule has 0 spiro atoms. The summed E-state index contributed by atoms with van der Waals surface area (Å²) in [6, 6.07) is 12.3. The summed E-state index contributed by atoms with van der Waals surface area (Å²) in [6.07, 6.45) is 1.65. The Morgan fingerprint density at radius 3 is 2.69 bits per heavy atom. The van der Waals surface area contributed by atoms with Gasteiger partial charge in [0, 0.05) is 31.2 Å². The fraction of sp³-hybridized carbons (Fsp3) is 0.333. The van der Waals surface area contributed by atoms with E-state index in [4.69, 9.17) is 16.3 Å². The highest BCUT2D eigenvalue weighted by molar-refractivity contribution is 6.32. The minimum absolute atomic E-state index is 0.0380. The molecular formula is C21H23ClFN3O3. The maximum absolute atomic E-state index is 12.9. The summed E-state index contributed by atoms with van der Waals surface area (Å²) in [5.41, 5.74) is 0.508.